The van der Waals surface area contributed by atoms with Gasteiger partial charge in [0.15, 0.2) is 0 Å². The summed E-state index contributed by atoms with van der Waals surface area (Å²) in [5.74, 6) is 0. The second kappa shape index (κ2) is 2.87. The third-order valence-corrected chi connectivity index (χ3v) is 1.55. The van der Waals surface area contributed by atoms with Gasteiger partial charge in [0, 0.05) is 13.1 Å². The van der Waals surface area contributed by atoms with Gasteiger partial charge in [-0.05, 0) is 18.0 Å². The molecule has 0 bridgehead atoms. The monoisotopic (exact) mass is 145 g/mol. The number of rotatable bonds is 0. The van der Waals surface area contributed by atoms with E-state index in [1.165, 1.54) is 0 Å². The number of hydrogen-bond donors (Lipinski definition) is 0. The van der Waals surface area contributed by atoms with Crippen LogP contribution in [0.25, 0.3) is 0 Å². The molecule has 0 saturated carbocycles. The van der Waals surface area contributed by atoms with Crippen LogP contribution in [0.3, 0.4) is 0 Å². The highest BCUT2D eigenvalue weighted by atomic mass is 35.5. The van der Waals surface area contributed by atoms with Gasteiger partial charge in [-0.25, -0.2) is 0 Å². The predicted molar refractivity (Wildman–Crippen MR) is 36.6 cm³/mol. The van der Waals surface area contributed by atoms with Crippen LogP contribution in [0.4, 0.5) is 4.79 Å². The Morgan fingerprint density at radius 3 is 2.67 bits per heavy atom. The highest BCUT2D eigenvalue weighted by Crippen LogP contribution is 2.03. The van der Waals surface area contributed by atoms with E-state index in [0.717, 1.165) is 13.0 Å². The molecule has 0 saturated heterocycles. The van der Waals surface area contributed by atoms with Crippen LogP contribution in [0.2, 0.25) is 0 Å². The number of halogens is 1. The molecule has 0 aromatic carbocycles. The van der Waals surface area contributed by atoms with E-state index in [2.05, 4.69) is 6.08 Å². The van der Waals surface area contributed by atoms with Crippen LogP contribution in [0.1, 0.15) is 6.42 Å². The molecule has 1 amide bonds. The molecule has 1 aliphatic rings. The van der Waals surface area contributed by atoms with Crippen molar-refractivity contribution >= 4 is 17.0 Å². The molecule has 0 atom stereocenters. The molecule has 3 heteroatoms. The molecule has 2 nitrogen and oxygen atoms in total. The Labute approximate surface area is 59.1 Å². The van der Waals surface area contributed by atoms with Crippen LogP contribution in [0.15, 0.2) is 12.2 Å². The van der Waals surface area contributed by atoms with Crippen LogP contribution in [-0.4, -0.2) is 23.4 Å². The van der Waals surface area contributed by atoms with Crippen molar-refractivity contribution in [1.29, 1.82) is 0 Å². The first-order chi connectivity index (χ1) is 4.30. The molecular weight excluding hydrogens is 138 g/mol. The first-order valence-electron chi connectivity index (χ1n) is 2.90. The van der Waals surface area contributed by atoms with Crippen LogP contribution < -0.4 is 0 Å². The van der Waals surface area contributed by atoms with E-state index in [1.54, 1.807) is 4.90 Å². The Balaban J connectivity index is 2.44. The zero-order valence-corrected chi connectivity index (χ0v) is 5.77. The van der Waals surface area contributed by atoms with Crippen LogP contribution in [0.5, 0.6) is 0 Å². The molecule has 1 aliphatic heterocycles. The van der Waals surface area contributed by atoms with Crippen molar-refractivity contribution in [1.82, 2.24) is 4.90 Å². The zero-order chi connectivity index (χ0) is 6.69. The molecule has 1 heterocycles. The lowest BCUT2D eigenvalue weighted by Gasteiger charge is -2.19. The molecule has 0 aliphatic carbocycles. The van der Waals surface area contributed by atoms with Gasteiger partial charge in [0.2, 0.25) is 0 Å². The second-order valence-corrected chi connectivity index (χ2v) is 2.28. The number of amides is 1. The maximum absolute atomic E-state index is 10.5. The SMILES string of the molecule is O=C(Cl)N1CC=CCC1. The minimum Gasteiger partial charge on any atom is -0.325 e. The highest BCUT2D eigenvalue weighted by Gasteiger charge is 2.09. The van der Waals surface area contributed by atoms with Gasteiger partial charge in [-0.3, -0.25) is 4.79 Å². The normalized spacial score (nSPS) is 18.1. The van der Waals surface area contributed by atoms with E-state index in [0.29, 0.717) is 6.54 Å². The molecule has 0 radical (unpaired) electrons. The van der Waals surface area contributed by atoms with Crippen molar-refractivity contribution in [3.05, 3.63) is 12.2 Å². The molecule has 0 fully saturated rings. The van der Waals surface area contributed by atoms with Gasteiger partial charge in [-0.1, -0.05) is 12.2 Å². The molecule has 0 unspecified atom stereocenters. The first kappa shape index (κ1) is 6.62. The minimum atomic E-state index is -0.348. The van der Waals surface area contributed by atoms with Gasteiger partial charge in [0.25, 0.3) is 0 Å². The quantitative estimate of drug-likeness (QED) is 0.288. The summed E-state index contributed by atoms with van der Waals surface area (Å²) in [4.78, 5) is 12.1. The first-order valence-corrected chi connectivity index (χ1v) is 3.28. The topological polar surface area (TPSA) is 20.3 Å². The molecule has 1 rings (SSSR count). The standard InChI is InChI=1S/C6H8ClNO/c7-6(9)8-4-2-1-3-5-8/h1-2H,3-5H2. The maximum Gasteiger partial charge on any atom is 0.316 e. The third kappa shape index (κ3) is 1.72. The van der Waals surface area contributed by atoms with Crippen LogP contribution in [0, 0.1) is 0 Å². The zero-order valence-electron chi connectivity index (χ0n) is 5.01. The second-order valence-electron chi connectivity index (χ2n) is 1.96. The van der Waals surface area contributed by atoms with Crippen LogP contribution >= 0.6 is 11.6 Å². The number of nitrogens with zero attached hydrogens (tertiary/aromatic N) is 1. The third-order valence-electron chi connectivity index (χ3n) is 1.31. The lowest BCUT2D eigenvalue weighted by atomic mass is 10.3. The Bertz CT molecular complexity index is 144. The maximum atomic E-state index is 10.5. The van der Waals surface area contributed by atoms with Crippen LogP contribution in [-0.2, 0) is 0 Å². The summed E-state index contributed by atoms with van der Waals surface area (Å²) in [6, 6.07) is 0. The number of hydrogen-bond acceptors (Lipinski definition) is 1. The van der Waals surface area contributed by atoms with E-state index in [4.69, 9.17) is 11.6 Å². The fourth-order valence-corrected chi connectivity index (χ4v) is 0.954. The van der Waals surface area contributed by atoms with Crippen molar-refractivity contribution in [2.75, 3.05) is 13.1 Å². The summed E-state index contributed by atoms with van der Waals surface area (Å²) in [6.45, 7) is 1.43. The van der Waals surface area contributed by atoms with E-state index < -0.39 is 0 Å². The fourth-order valence-electron chi connectivity index (χ4n) is 0.801. The average Bonchev–Trinajstić information content (AvgIpc) is 1.90. The van der Waals surface area contributed by atoms with Gasteiger partial charge < -0.3 is 4.90 Å². The highest BCUT2D eigenvalue weighted by molar-refractivity contribution is 6.62. The van der Waals surface area contributed by atoms with Gasteiger partial charge >= 0.3 is 5.37 Å². The largest absolute Gasteiger partial charge is 0.325 e. The molecule has 50 valence electrons. The van der Waals surface area contributed by atoms with E-state index in [1.807, 2.05) is 6.08 Å². The Morgan fingerprint density at radius 2 is 2.33 bits per heavy atom. The molecule has 0 aromatic heterocycles. The molecule has 9 heavy (non-hydrogen) atoms. The summed E-state index contributed by atoms with van der Waals surface area (Å²) in [6.07, 6.45) is 4.93. The molecule has 0 aromatic rings. The van der Waals surface area contributed by atoms with E-state index in [-0.39, 0.29) is 5.37 Å². The fraction of sp³-hybridized carbons (Fsp3) is 0.500. The van der Waals surface area contributed by atoms with Crippen molar-refractivity contribution in [3.8, 4) is 0 Å². The van der Waals surface area contributed by atoms with Crippen molar-refractivity contribution in [2.45, 2.75) is 6.42 Å². The summed E-state index contributed by atoms with van der Waals surface area (Å²) >= 11 is 5.21. The minimum absolute atomic E-state index is 0.348. The lowest BCUT2D eigenvalue weighted by molar-refractivity contribution is 0.226. The van der Waals surface area contributed by atoms with Gasteiger partial charge in [-0.2, -0.15) is 0 Å². The van der Waals surface area contributed by atoms with Crippen molar-refractivity contribution in [2.24, 2.45) is 0 Å². The Kier molecular flexibility index (Phi) is 2.11. The Hall–Kier alpha value is -0.500. The number of carbonyl (C=O) groups is 1. The van der Waals surface area contributed by atoms with Crippen molar-refractivity contribution in [3.63, 3.8) is 0 Å². The smallest absolute Gasteiger partial charge is 0.316 e. The molecule has 0 spiro atoms. The summed E-state index contributed by atoms with van der Waals surface area (Å²) < 4.78 is 0. The lowest BCUT2D eigenvalue weighted by Crippen LogP contribution is -2.29. The summed E-state index contributed by atoms with van der Waals surface area (Å²) in [7, 11) is 0. The average molecular weight is 146 g/mol. The Morgan fingerprint density at radius 1 is 1.56 bits per heavy atom. The molecule has 0 N–H and O–H groups in total. The predicted octanol–water partition coefficient (Wildman–Crippen LogP) is 1.61. The van der Waals surface area contributed by atoms with E-state index in [9.17, 15) is 4.79 Å². The summed E-state index contributed by atoms with van der Waals surface area (Å²) in [5.41, 5.74) is 0. The van der Waals surface area contributed by atoms with Gasteiger partial charge in [0.05, 0.1) is 0 Å². The van der Waals surface area contributed by atoms with Crippen molar-refractivity contribution < 1.29 is 4.79 Å². The van der Waals surface area contributed by atoms with Gasteiger partial charge in [0.1, 0.15) is 0 Å². The molecular formula is C6H8ClNO. The van der Waals surface area contributed by atoms with E-state index >= 15 is 0 Å². The van der Waals surface area contributed by atoms with Gasteiger partial charge in [-0.15, -0.1) is 0 Å². The number of carbonyl (C=O) groups excluding carboxylic acids is 1. The summed E-state index contributed by atoms with van der Waals surface area (Å²) in [5, 5.41) is -0.348.